The van der Waals surface area contributed by atoms with Crippen molar-refractivity contribution in [2.75, 3.05) is 37.6 Å². The van der Waals surface area contributed by atoms with Crippen LogP contribution >= 0.6 is 11.6 Å². The zero-order chi connectivity index (χ0) is 23.7. The third kappa shape index (κ3) is 4.50. The van der Waals surface area contributed by atoms with Crippen molar-refractivity contribution in [3.63, 3.8) is 0 Å². The normalized spacial score (nSPS) is 15.8. The Morgan fingerprint density at radius 2 is 1.41 bits per heavy atom. The number of hydrogen-bond donors (Lipinski definition) is 0. The average molecular weight is 478 g/mol. The van der Waals surface area contributed by atoms with Crippen molar-refractivity contribution in [2.45, 2.75) is 13.0 Å². The molecule has 0 N–H and O–H groups in total. The molecule has 2 amide bonds. The van der Waals surface area contributed by atoms with Gasteiger partial charge in [-0.05, 0) is 60.0 Å². The molecule has 0 spiro atoms. The van der Waals surface area contributed by atoms with Gasteiger partial charge in [0.15, 0.2) is 0 Å². The molecule has 0 radical (unpaired) electrons. The molecule has 1 saturated heterocycles. The lowest BCUT2D eigenvalue weighted by Gasteiger charge is -2.35. The molecule has 0 saturated carbocycles. The molecule has 0 aromatic heterocycles. The highest BCUT2D eigenvalue weighted by Crippen LogP contribution is 2.25. The predicted molar refractivity (Wildman–Crippen MR) is 131 cm³/mol. The molecule has 2 heterocycles. The van der Waals surface area contributed by atoms with Crippen LogP contribution in [-0.2, 0) is 13.0 Å². The number of hydrogen-bond acceptors (Lipinski definition) is 3. The van der Waals surface area contributed by atoms with Gasteiger partial charge in [0.1, 0.15) is 5.82 Å². The van der Waals surface area contributed by atoms with Crippen LogP contribution in [0.25, 0.3) is 0 Å². The summed E-state index contributed by atoms with van der Waals surface area (Å²) >= 11 is 5.92. The number of carbonyl (C=O) groups is 2. The number of piperazine rings is 1. The number of fused-ring (bicyclic) bond motifs is 1. The molecule has 5 rings (SSSR count). The van der Waals surface area contributed by atoms with Gasteiger partial charge in [0.05, 0.1) is 5.56 Å². The van der Waals surface area contributed by atoms with E-state index in [-0.39, 0.29) is 11.5 Å². The van der Waals surface area contributed by atoms with E-state index in [1.54, 1.807) is 9.80 Å². The molecule has 0 aliphatic carbocycles. The fraction of sp³-hybridized carbons (Fsp3) is 0.259. The van der Waals surface area contributed by atoms with Gasteiger partial charge in [-0.25, -0.2) is 4.39 Å². The first-order valence-corrected chi connectivity index (χ1v) is 11.8. The highest BCUT2D eigenvalue weighted by atomic mass is 35.5. The molecule has 0 bridgehead atoms. The van der Waals surface area contributed by atoms with Crippen molar-refractivity contribution < 1.29 is 14.0 Å². The molecule has 7 heteroatoms. The zero-order valence-corrected chi connectivity index (χ0v) is 19.5. The van der Waals surface area contributed by atoms with Crippen LogP contribution in [0.15, 0.2) is 66.7 Å². The summed E-state index contributed by atoms with van der Waals surface area (Å²) < 4.78 is 14.1. The molecule has 3 aromatic carbocycles. The molecule has 174 valence electrons. The third-order valence-corrected chi connectivity index (χ3v) is 6.86. The lowest BCUT2D eigenvalue weighted by Crippen LogP contribution is -2.50. The molecule has 5 nitrogen and oxygen atoms in total. The molecule has 3 aromatic rings. The number of benzene rings is 3. The first-order valence-electron chi connectivity index (χ1n) is 11.4. The highest BCUT2D eigenvalue weighted by molar-refractivity contribution is 6.31. The Morgan fingerprint density at radius 3 is 2.12 bits per heavy atom. The van der Waals surface area contributed by atoms with Gasteiger partial charge < -0.3 is 14.7 Å². The zero-order valence-electron chi connectivity index (χ0n) is 18.7. The Labute approximate surface area is 203 Å². The van der Waals surface area contributed by atoms with E-state index in [1.165, 1.54) is 29.3 Å². The quantitative estimate of drug-likeness (QED) is 0.552. The number of anilines is 1. The van der Waals surface area contributed by atoms with E-state index in [0.717, 1.165) is 25.2 Å². The second-order valence-corrected chi connectivity index (χ2v) is 9.13. The lowest BCUT2D eigenvalue weighted by molar-refractivity contribution is 0.0533. The van der Waals surface area contributed by atoms with E-state index in [9.17, 15) is 14.0 Å². The van der Waals surface area contributed by atoms with E-state index < -0.39 is 11.7 Å². The van der Waals surface area contributed by atoms with Gasteiger partial charge in [-0.15, -0.1) is 0 Å². The van der Waals surface area contributed by atoms with Crippen molar-refractivity contribution in [3.8, 4) is 0 Å². The summed E-state index contributed by atoms with van der Waals surface area (Å²) in [6.45, 7) is 3.32. The van der Waals surface area contributed by atoms with Gasteiger partial charge >= 0.3 is 0 Å². The molecule has 2 aliphatic heterocycles. The molecule has 0 unspecified atom stereocenters. The van der Waals surface area contributed by atoms with Crippen molar-refractivity contribution in [3.05, 3.63) is 99.8 Å². The minimum Gasteiger partial charge on any atom is -0.367 e. The number of nitrogens with zero attached hydrogens (tertiary/aromatic N) is 3. The average Bonchev–Trinajstić information content (AvgIpc) is 2.89. The Balaban J connectivity index is 1.20. The van der Waals surface area contributed by atoms with Crippen molar-refractivity contribution in [1.82, 2.24) is 9.80 Å². The van der Waals surface area contributed by atoms with E-state index in [4.69, 9.17) is 11.6 Å². The maximum Gasteiger partial charge on any atom is 0.257 e. The number of halogens is 2. The SMILES string of the molecule is O=C(c1ccc(N2CCc3ccccc3C2)cc1)N1CCN(C(=O)c2cc(Cl)ccc2F)CC1. The summed E-state index contributed by atoms with van der Waals surface area (Å²) in [6.07, 6.45) is 1.01. The van der Waals surface area contributed by atoms with Gasteiger partial charge in [-0.1, -0.05) is 35.9 Å². The fourth-order valence-electron chi connectivity index (χ4n) is 4.66. The largest absolute Gasteiger partial charge is 0.367 e. The van der Waals surface area contributed by atoms with Gasteiger partial charge in [0.25, 0.3) is 11.8 Å². The second kappa shape index (κ2) is 9.47. The Bertz CT molecular complexity index is 1220. The number of amides is 2. The summed E-state index contributed by atoms with van der Waals surface area (Å²) in [4.78, 5) is 31.4. The molecule has 0 atom stereocenters. The topological polar surface area (TPSA) is 43.9 Å². The summed E-state index contributed by atoms with van der Waals surface area (Å²) in [5.41, 5.74) is 4.44. The Kier molecular flexibility index (Phi) is 6.24. The molecular formula is C27H25ClFN3O2. The van der Waals surface area contributed by atoms with Crippen LogP contribution in [0.3, 0.4) is 0 Å². The van der Waals surface area contributed by atoms with Gasteiger partial charge in [0.2, 0.25) is 0 Å². The van der Waals surface area contributed by atoms with Crippen molar-refractivity contribution in [1.29, 1.82) is 0 Å². The Morgan fingerprint density at radius 1 is 0.765 bits per heavy atom. The second-order valence-electron chi connectivity index (χ2n) is 8.70. The van der Waals surface area contributed by atoms with Crippen LogP contribution in [0.5, 0.6) is 0 Å². The fourth-order valence-corrected chi connectivity index (χ4v) is 4.83. The summed E-state index contributed by atoms with van der Waals surface area (Å²) in [6, 6.07) is 20.2. The first-order chi connectivity index (χ1) is 16.5. The minimum absolute atomic E-state index is 0.0387. The van der Waals surface area contributed by atoms with Crippen LogP contribution in [0.4, 0.5) is 10.1 Å². The van der Waals surface area contributed by atoms with E-state index in [0.29, 0.717) is 36.8 Å². The van der Waals surface area contributed by atoms with E-state index in [2.05, 4.69) is 29.2 Å². The maximum atomic E-state index is 14.1. The Hall–Kier alpha value is -3.38. The predicted octanol–water partition coefficient (Wildman–Crippen LogP) is 4.64. The highest BCUT2D eigenvalue weighted by Gasteiger charge is 2.27. The summed E-state index contributed by atoms with van der Waals surface area (Å²) in [5.74, 6) is -1.05. The molecule has 1 fully saturated rings. The molecule has 2 aliphatic rings. The number of rotatable bonds is 3. The van der Waals surface area contributed by atoms with Crippen LogP contribution in [0.1, 0.15) is 31.8 Å². The van der Waals surface area contributed by atoms with Crippen molar-refractivity contribution >= 4 is 29.1 Å². The van der Waals surface area contributed by atoms with E-state index >= 15 is 0 Å². The van der Waals surface area contributed by atoms with E-state index in [1.807, 2.05) is 24.3 Å². The lowest BCUT2D eigenvalue weighted by atomic mass is 9.99. The molecule has 34 heavy (non-hydrogen) atoms. The monoisotopic (exact) mass is 477 g/mol. The van der Waals surface area contributed by atoms with Gasteiger partial charge in [-0.2, -0.15) is 0 Å². The summed E-state index contributed by atoms with van der Waals surface area (Å²) in [5, 5.41) is 0.316. The smallest absolute Gasteiger partial charge is 0.257 e. The maximum absolute atomic E-state index is 14.1. The van der Waals surface area contributed by atoms with Crippen LogP contribution in [-0.4, -0.2) is 54.3 Å². The van der Waals surface area contributed by atoms with Crippen LogP contribution in [0.2, 0.25) is 5.02 Å². The van der Waals surface area contributed by atoms with Crippen molar-refractivity contribution in [2.24, 2.45) is 0 Å². The van der Waals surface area contributed by atoms with Crippen LogP contribution in [0, 0.1) is 5.82 Å². The summed E-state index contributed by atoms with van der Waals surface area (Å²) in [7, 11) is 0. The van der Waals surface area contributed by atoms with Gasteiger partial charge in [0, 0.05) is 55.5 Å². The molecular weight excluding hydrogens is 453 g/mol. The van der Waals surface area contributed by atoms with Crippen LogP contribution < -0.4 is 4.90 Å². The first kappa shape index (κ1) is 22.4. The minimum atomic E-state index is -0.592. The number of carbonyl (C=O) groups excluding carboxylic acids is 2. The van der Waals surface area contributed by atoms with Gasteiger partial charge in [-0.3, -0.25) is 9.59 Å². The third-order valence-electron chi connectivity index (χ3n) is 6.62. The standard InChI is InChI=1S/C27H25ClFN3O2/c28-22-7-10-25(29)24(17-22)27(34)31-15-13-30(14-16-31)26(33)20-5-8-23(9-6-20)32-12-11-19-3-1-2-4-21(19)18-32/h1-10,17H,11-16,18H2.